The standard InChI is InChI=1S/C19H22N6O2/c1-14-23-17(12-18(24-14)25-8-10-27-11-9-25)21-6-7-22-19(26)16-4-2-15(13-20)3-5-16/h2-5,12H,6-11H2,1H3,(H,22,26)(H,21,23,24). The molecule has 3 rings (SSSR count). The average molecular weight is 366 g/mol. The fourth-order valence-electron chi connectivity index (χ4n) is 2.76. The zero-order chi connectivity index (χ0) is 19.1. The van der Waals surface area contributed by atoms with Crippen molar-refractivity contribution < 1.29 is 9.53 Å². The Kier molecular flexibility index (Phi) is 6.18. The van der Waals surface area contributed by atoms with Crippen LogP contribution in [0.25, 0.3) is 0 Å². The van der Waals surface area contributed by atoms with Crippen molar-refractivity contribution in [2.24, 2.45) is 0 Å². The van der Waals surface area contributed by atoms with Crippen molar-refractivity contribution in [2.75, 3.05) is 49.6 Å². The van der Waals surface area contributed by atoms with E-state index in [1.54, 1.807) is 24.3 Å². The lowest BCUT2D eigenvalue weighted by Gasteiger charge is -2.28. The smallest absolute Gasteiger partial charge is 0.251 e. The minimum absolute atomic E-state index is 0.172. The molecule has 1 aromatic carbocycles. The van der Waals surface area contributed by atoms with Crippen LogP contribution in [0.15, 0.2) is 30.3 Å². The molecule has 1 aliphatic heterocycles. The molecule has 0 atom stereocenters. The van der Waals surface area contributed by atoms with Crippen molar-refractivity contribution >= 4 is 17.5 Å². The van der Waals surface area contributed by atoms with E-state index in [1.807, 2.05) is 19.1 Å². The van der Waals surface area contributed by atoms with E-state index in [4.69, 9.17) is 10.00 Å². The molecule has 0 spiro atoms. The van der Waals surface area contributed by atoms with Gasteiger partial charge in [0.05, 0.1) is 24.8 Å². The Labute approximate surface area is 158 Å². The first-order valence-corrected chi connectivity index (χ1v) is 8.86. The molecule has 2 aromatic rings. The van der Waals surface area contributed by atoms with Gasteiger partial charge in [-0.15, -0.1) is 0 Å². The van der Waals surface area contributed by atoms with Crippen LogP contribution >= 0.6 is 0 Å². The second-order valence-electron chi connectivity index (χ2n) is 6.13. The summed E-state index contributed by atoms with van der Waals surface area (Å²) < 4.78 is 5.38. The monoisotopic (exact) mass is 366 g/mol. The van der Waals surface area contributed by atoms with Crippen LogP contribution in [-0.2, 0) is 4.74 Å². The number of hydrogen-bond acceptors (Lipinski definition) is 7. The van der Waals surface area contributed by atoms with Crippen LogP contribution < -0.4 is 15.5 Å². The molecule has 8 heteroatoms. The minimum atomic E-state index is -0.172. The summed E-state index contributed by atoms with van der Waals surface area (Å²) in [5.74, 6) is 2.14. The zero-order valence-electron chi connectivity index (χ0n) is 15.2. The van der Waals surface area contributed by atoms with E-state index >= 15 is 0 Å². The van der Waals surface area contributed by atoms with E-state index in [1.165, 1.54) is 0 Å². The number of nitriles is 1. The summed E-state index contributed by atoms with van der Waals surface area (Å²) in [6.45, 7) is 5.89. The third-order valence-electron chi connectivity index (χ3n) is 4.15. The molecular weight excluding hydrogens is 344 g/mol. The third kappa shape index (κ3) is 5.15. The topological polar surface area (TPSA) is 103 Å². The number of carbonyl (C=O) groups excluding carboxylic acids is 1. The molecule has 8 nitrogen and oxygen atoms in total. The largest absolute Gasteiger partial charge is 0.378 e. The van der Waals surface area contributed by atoms with Gasteiger partial charge in [-0.05, 0) is 31.2 Å². The number of nitrogens with one attached hydrogen (secondary N) is 2. The van der Waals surface area contributed by atoms with E-state index in [-0.39, 0.29) is 5.91 Å². The van der Waals surface area contributed by atoms with Crippen molar-refractivity contribution in [2.45, 2.75) is 6.92 Å². The Balaban J connectivity index is 1.50. The first-order valence-electron chi connectivity index (χ1n) is 8.86. The number of aryl methyl sites for hydroxylation is 1. The maximum atomic E-state index is 12.1. The molecule has 2 heterocycles. The number of nitrogens with zero attached hydrogens (tertiary/aromatic N) is 4. The second kappa shape index (κ2) is 8.96. The number of ether oxygens (including phenoxy) is 1. The zero-order valence-corrected chi connectivity index (χ0v) is 15.2. The van der Waals surface area contributed by atoms with E-state index in [0.717, 1.165) is 24.7 Å². The highest BCUT2D eigenvalue weighted by molar-refractivity contribution is 5.94. The van der Waals surface area contributed by atoms with Crippen molar-refractivity contribution in [1.29, 1.82) is 5.26 Å². The van der Waals surface area contributed by atoms with Gasteiger partial charge in [-0.3, -0.25) is 4.79 Å². The predicted octanol–water partition coefficient (Wildman–Crippen LogP) is 1.34. The van der Waals surface area contributed by atoms with Crippen molar-refractivity contribution in [3.8, 4) is 6.07 Å². The van der Waals surface area contributed by atoms with Crippen LogP contribution in [0, 0.1) is 18.3 Å². The number of amides is 1. The van der Waals surface area contributed by atoms with Crippen LogP contribution in [0.1, 0.15) is 21.7 Å². The van der Waals surface area contributed by atoms with Crippen LogP contribution in [0.2, 0.25) is 0 Å². The lowest BCUT2D eigenvalue weighted by Crippen LogP contribution is -2.37. The Morgan fingerprint density at radius 3 is 2.67 bits per heavy atom. The number of aromatic nitrogens is 2. The van der Waals surface area contributed by atoms with E-state index in [2.05, 4.69) is 25.5 Å². The first-order chi connectivity index (χ1) is 13.2. The maximum absolute atomic E-state index is 12.1. The van der Waals surface area contributed by atoms with Crippen LogP contribution in [0.4, 0.5) is 11.6 Å². The Morgan fingerprint density at radius 2 is 1.96 bits per heavy atom. The number of hydrogen-bond donors (Lipinski definition) is 2. The highest BCUT2D eigenvalue weighted by Crippen LogP contribution is 2.16. The Morgan fingerprint density at radius 1 is 1.22 bits per heavy atom. The highest BCUT2D eigenvalue weighted by atomic mass is 16.5. The Hall–Kier alpha value is -3.18. The van der Waals surface area contributed by atoms with Crippen LogP contribution in [-0.4, -0.2) is 55.3 Å². The van der Waals surface area contributed by atoms with Gasteiger partial charge in [0, 0.05) is 37.8 Å². The van der Waals surface area contributed by atoms with Gasteiger partial charge in [0.1, 0.15) is 17.5 Å². The third-order valence-corrected chi connectivity index (χ3v) is 4.15. The summed E-state index contributed by atoms with van der Waals surface area (Å²) in [4.78, 5) is 23.2. The van der Waals surface area contributed by atoms with Crippen molar-refractivity contribution in [3.63, 3.8) is 0 Å². The molecule has 1 fully saturated rings. The molecule has 0 unspecified atom stereocenters. The van der Waals surface area contributed by atoms with Crippen molar-refractivity contribution in [1.82, 2.24) is 15.3 Å². The van der Waals surface area contributed by atoms with Gasteiger partial charge in [0.2, 0.25) is 0 Å². The molecule has 0 aliphatic carbocycles. The molecule has 140 valence electrons. The van der Waals surface area contributed by atoms with E-state index in [9.17, 15) is 4.79 Å². The summed E-state index contributed by atoms with van der Waals surface area (Å²) in [6, 6.07) is 10.5. The summed E-state index contributed by atoms with van der Waals surface area (Å²) >= 11 is 0. The first kappa shape index (κ1) is 18.6. The Bertz CT molecular complexity index is 825. The molecule has 2 N–H and O–H groups in total. The van der Waals surface area contributed by atoms with Gasteiger partial charge in [-0.25, -0.2) is 9.97 Å². The average Bonchev–Trinajstić information content (AvgIpc) is 2.71. The molecule has 0 saturated carbocycles. The van der Waals surface area contributed by atoms with E-state index < -0.39 is 0 Å². The lowest BCUT2D eigenvalue weighted by molar-refractivity contribution is 0.0955. The highest BCUT2D eigenvalue weighted by Gasteiger charge is 2.14. The summed E-state index contributed by atoms with van der Waals surface area (Å²) in [5, 5.41) is 14.9. The number of benzene rings is 1. The van der Waals surface area contributed by atoms with Gasteiger partial charge in [-0.2, -0.15) is 5.26 Å². The predicted molar refractivity (Wildman–Crippen MR) is 102 cm³/mol. The fourth-order valence-corrected chi connectivity index (χ4v) is 2.76. The maximum Gasteiger partial charge on any atom is 0.251 e. The molecule has 0 radical (unpaired) electrons. The summed E-state index contributed by atoms with van der Waals surface area (Å²) in [6.07, 6.45) is 0. The number of morpholine rings is 1. The fraction of sp³-hybridized carbons (Fsp3) is 0.368. The molecule has 0 bridgehead atoms. The molecule has 1 saturated heterocycles. The number of carbonyl (C=O) groups is 1. The van der Waals surface area contributed by atoms with Crippen LogP contribution in [0.5, 0.6) is 0 Å². The molecule has 27 heavy (non-hydrogen) atoms. The number of anilines is 2. The molecule has 1 aliphatic rings. The van der Waals surface area contributed by atoms with Crippen molar-refractivity contribution in [3.05, 3.63) is 47.3 Å². The minimum Gasteiger partial charge on any atom is -0.378 e. The summed E-state index contributed by atoms with van der Waals surface area (Å²) in [5.41, 5.74) is 1.06. The quantitative estimate of drug-likeness (QED) is 0.744. The van der Waals surface area contributed by atoms with Gasteiger partial charge >= 0.3 is 0 Å². The van der Waals surface area contributed by atoms with Gasteiger partial charge in [0.15, 0.2) is 0 Å². The van der Waals surface area contributed by atoms with Gasteiger partial charge in [-0.1, -0.05) is 0 Å². The summed E-state index contributed by atoms with van der Waals surface area (Å²) in [7, 11) is 0. The lowest BCUT2D eigenvalue weighted by atomic mass is 10.1. The SMILES string of the molecule is Cc1nc(NCCNC(=O)c2ccc(C#N)cc2)cc(N2CCOCC2)n1. The van der Waals surface area contributed by atoms with Gasteiger partial charge < -0.3 is 20.3 Å². The number of rotatable bonds is 6. The molecular formula is C19H22N6O2. The van der Waals surface area contributed by atoms with E-state index in [0.29, 0.717) is 43.3 Å². The molecule has 1 amide bonds. The second-order valence-corrected chi connectivity index (χ2v) is 6.13. The van der Waals surface area contributed by atoms with Gasteiger partial charge in [0.25, 0.3) is 5.91 Å². The normalized spacial score (nSPS) is 13.7. The molecule has 1 aromatic heterocycles. The van der Waals surface area contributed by atoms with Crippen LogP contribution in [0.3, 0.4) is 0 Å².